The summed E-state index contributed by atoms with van der Waals surface area (Å²) in [6.07, 6.45) is -1.42. The molecular weight excluding hydrogens is 1210 g/mol. The second-order valence-corrected chi connectivity index (χ2v) is 22.6. The van der Waals surface area contributed by atoms with Crippen molar-refractivity contribution >= 4 is 88.7 Å². The van der Waals surface area contributed by atoms with Gasteiger partial charge in [-0.05, 0) is 57.8 Å². The molecule has 37 heteroatoms. The van der Waals surface area contributed by atoms with E-state index in [1.54, 1.807) is 41.5 Å². The van der Waals surface area contributed by atoms with Gasteiger partial charge in [0.05, 0.1) is 58.3 Å². The molecule has 0 fully saturated rings. The van der Waals surface area contributed by atoms with Crippen molar-refractivity contribution in [2.24, 2.45) is 29.4 Å². The fraction of sp³-hybridized carbons (Fsp3) is 0.722. The van der Waals surface area contributed by atoms with Gasteiger partial charge in [-0.3, -0.25) is 67.1 Å². The highest BCUT2D eigenvalue weighted by Gasteiger charge is 2.37. The number of hydrogen-bond acceptors (Lipinski definition) is 22. The van der Waals surface area contributed by atoms with Gasteiger partial charge in [0, 0.05) is 0 Å². The van der Waals surface area contributed by atoms with Gasteiger partial charge in [-0.1, -0.05) is 61.8 Å². The zero-order valence-corrected chi connectivity index (χ0v) is 53.1. The number of aliphatic hydroxyl groups is 6. The third kappa shape index (κ3) is 29.1. The monoisotopic (exact) mass is 1310 g/mol. The first-order valence-electron chi connectivity index (χ1n) is 29.2. The van der Waals surface area contributed by atoms with Gasteiger partial charge >= 0.3 is 5.97 Å². The van der Waals surface area contributed by atoms with Gasteiger partial charge < -0.3 is 116 Å². The summed E-state index contributed by atoms with van der Waals surface area (Å²) in [7, 11) is 0. The minimum absolute atomic E-state index is 0.0297. The standard InChI is InChI=1S/C54H95N15O22/c1-13-25(8)40(52(88)62-30(14-22(2)3)45(81)65-35(21-74)54(90)91)68-48(84)32(18-71)61-37(77)16-57-51(87)39(24(6)7)67-44(80)28(11)58-43(79)27(10)59-46(82)33(19-72)64-53(89)41(29(12)75)69-49(85)34(20-73)63-47(83)31(17-70)60-36(76)15-56-50(86)38(23(4)5)66-42(78)26(9)55/h22-35,38-41,70-75H,13-21,55H2,1-12H3,(H,56,86)(H,57,87)(H,58,79)(H,59,82)(H,60,76)(H,61,77)(H,62,88)(H,63,83)(H,64,89)(H,65,81)(H,66,78)(H,67,80)(H,68,84)(H,69,85)(H,90,91)/t25-,26-,27-,28-,29+,30-,31-,32-,33-,34-,35-,38-,39-,40-,41-/m0/s1. The maximum atomic E-state index is 13.6. The molecule has 0 unspecified atom stereocenters. The van der Waals surface area contributed by atoms with Crippen LogP contribution >= 0.6 is 0 Å². The molecule has 0 aromatic rings. The molecule has 0 aliphatic heterocycles. The normalized spacial score (nSPS) is 16.2. The average molecular weight is 1310 g/mol. The molecule has 37 nitrogen and oxygen atoms in total. The third-order valence-electron chi connectivity index (χ3n) is 13.6. The topological polar surface area (TPSA) is 592 Å². The molecule has 0 saturated carbocycles. The Hall–Kier alpha value is -8.23. The van der Waals surface area contributed by atoms with Crippen LogP contribution in [0.3, 0.4) is 0 Å². The van der Waals surface area contributed by atoms with Crippen molar-refractivity contribution in [3.63, 3.8) is 0 Å². The lowest BCUT2D eigenvalue weighted by Gasteiger charge is -2.29. The predicted octanol–water partition coefficient (Wildman–Crippen LogP) is -10.7. The number of aliphatic hydroxyl groups excluding tert-OH is 6. The highest BCUT2D eigenvalue weighted by molar-refractivity contribution is 6.00. The Morgan fingerprint density at radius 1 is 0.352 bits per heavy atom. The van der Waals surface area contributed by atoms with Crippen LogP contribution in [0.2, 0.25) is 0 Å². The van der Waals surface area contributed by atoms with E-state index in [1.165, 1.54) is 27.7 Å². The largest absolute Gasteiger partial charge is 0.480 e. The maximum Gasteiger partial charge on any atom is 0.328 e. The number of hydrogen-bond donors (Lipinski definition) is 22. The van der Waals surface area contributed by atoms with E-state index in [-0.39, 0.29) is 12.3 Å². The van der Waals surface area contributed by atoms with Crippen LogP contribution in [-0.2, 0) is 71.9 Å². The van der Waals surface area contributed by atoms with Crippen LogP contribution in [0.5, 0.6) is 0 Å². The van der Waals surface area contributed by atoms with Crippen LogP contribution in [-0.4, -0.2) is 255 Å². The number of carboxylic acid groups (broad SMARTS) is 1. The zero-order chi connectivity index (χ0) is 70.3. The number of carbonyl (C=O) groups is 15. The first-order chi connectivity index (χ1) is 42.3. The molecule has 0 aromatic carbocycles. The summed E-state index contributed by atoms with van der Waals surface area (Å²) >= 11 is 0. The summed E-state index contributed by atoms with van der Waals surface area (Å²) in [5.74, 6) is -17.6. The van der Waals surface area contributed by atoms with Crippen molar-refractivity contribution in [1.82, 2.24) is 74.4 Å². The molecule has 23 N–H and O–H groups in total. The van der Waals surface area contributed by atoms with Gasteiger partial charge in [-0.25, -0.2) is 4.79 Å². The summed E-state index contributed by atoms with van der Waals surface area (Å²) in [5, 5.41) is 101. The molecule has 0 bridgehead atoms. The Balaban J connectivity index is 5.70. The fourth-order valence-corrected chi connectivity index (χ4v) is 7.81. The summed E-state index contributed by atoms with van der Waals surface area (Å²) in [6, 6.07) is -19.8. The second kappa shape index (κ2) is 41.2. The summed E-state index contributed by atoms with van der Waals surface area (Å²) < 4.78 is 0. The van der Waals surface area contributed by atoms with E-state index in [1.807, 2.05) is 5.32 Å². The maximum absolute atomic E-state index is 13.6. The summed E-state index contributed by atoms with van der Waals surface area (Å²) in [6.45, 7) is 10.9. The lowest BCUT2D eigenvalue weighted by molar-refractivity contribution is -0.143. The van der Waals surface area contributed by atoms with Gasteiger partial charge in [0.25, 0.3) is 0 Å². The van der Waals surface area contributed by atoms with Crippen molar-refractivity contribution in [2.45, 2.75) is 181 Å². The van der Waals surface area contributed by atoms with Crippen molar-refractivity contribution in [1.29, 1.82) is 0 Å². The Labute approximate surface area is 525 Å². The molecule has 0 heterocycles. The molecule has 0 rings (SSSR count). The zero-order valence-electron chi connectivity index (χ0n) is 53.1. The van der Waals surface area contributed by atoms with Crippen LogP contribution in [0.4, 0.5) is 0 Å². The van der Waals surface area contributed by atoms with E-state index in [0.717, 1.165) is 13.8 Å². The fourth-order valence-electron chi connectivity index (χ4n) is 7.81. The van der Waals surface area contributed by atoms with E-state index < -0.39 is 237 Å². The molecule has 0 aliphatic rings. The minimum Gasteiger partial charge on any atom is -0.480 e. The smallest absolute Gasteiger partial charge is 0.328 e. The average Bonchev–Trinajstić information content (AvgIpc) is 1.56. The van der Waals surface area contributed by atoms with Crippen molar-refractivity contribution in [3.8, 4) is 0 Å². The van der Waals surface area contributed by atoms with E-state index in [0.29, 0.717) is 6.42 Å². The molecule has 0 saturated heterocycles. The molecule has 0 spiro atoms. The van der Waals surface area contributed by atoms with Gasteiger partial charge in [-0.2, -0.15) is 0 Å². The van der Waals surface area contributed by atoms with Crippen LogP contribution in [0, 0.1) is 23.7 Å². The van der Waals surface area contributed by atoms with Crippen molar-refractivity contribution < 1.29 is 108 Å². The lowest BCUT2D eigenvalue weighted by Crippen LogP contribution is -2.62. The Morgan fingerprint density at radius 3 is 1.03 bits per heavy atom. The first kappa shape index (κ1) is 82.8. The second-order valence-electron chi connectivity index (χ2n) is 22.6. The number of nitrogens with two attached hydrogens (primary N) is 1. The lowest BCUT2D eigenvalue weighted by atomic mass is 9.96. The number of rotatable bonds is 41. The van der Waals surface area contributed by atoms with E-state index >= 15 is 0 Å². The van der Waals surface area contributed by atoms with E-state index in [2.05, 4.69) is 69.1 Å². The van der Waals surface area contributed by atoms with Gasteiger partial charge in [-0.15, -0.1) is 0 Å². The molecule has 518 valence electrons. The minimum atomic E-state index is -1.95. The van der Waals surface area contributed by atoms with Crippen LogP contribution in [0.15, 0.2) is 0 Å². The molecule has 0 aliphatic carbocycles. The molecule has 14 amide bonds. The summed E-state index contributed by atoms with van der Waals surface area (Å²) in [5.41, 5.74) is 5.54. The van der Waals surface area contributed by atoms with Gasteiger partial charge in [0.15, 0.2) is 0 Å². The van der Waals surface area contributed by atoms with Gasteiger partial charge in [0.2, 0.25) is 82.7 Å². The third-order valence-corrected chi connectivity index (χ3v) is 13.6. The number of carboxylic acids is 1. The van der Waals surface area contributed by atoms with Crippen LogP contribution in [0.25, 0.3) is 0 Å². The Kier molecular flexibility index (Phi) is 37.5. The highest BCUT2D eigenvalue weighted by Crippen LogP contribution is 2.12. The first-order valence-corrected chi connectivity index (χ1v) is 29.2. The van der Waals surface area contributed by atoms with E-state index in [4.69, 9.17) is 5.73 Å². The molecule has 15 atom stereocenters. The SMILES string of the molecule is CC[C@H](C)[C@H](NC(=O)[C@H](CO)NC(=O)CNC(=O)[C@@H](NC(=O)[C@H](C)NC(=O)[C@H](C)NC(=O)[C@H](CO)NC(=O)[C@@H](NC(=O)[C@H](CO)NC(=O)[C@H](CO)NC(=O)CNC(=O)[C@@H](NC(=O)[C@H](C)N)C(C)C)[C@@H](C)O)C(C)C)C(=O)N[C@@H](CC(C)C)C(=O)N[C@@H](CO)C(=O)O. The van der Waals surface area contributed by atoms with Crippen LogP contribution < -0.4 is 80.2 Å². The molecular formula is C54H95N15O22. The Bertz CT molecular complexity index is 2520. The van der Waals surface area contributed by atoms with Gasteiger partial charge in [0.1, 0.15) is 72.5 Å². The number of carbonyl (C=O) groups excluding carboxylic acids is 14. The number of nitrogens with one attached hydrogen (secondary N) is 14. The summed E-state index contributed by atoms with van der Waals surface area (Å²) in [4.78, 5) is 194. The van der Waals surface area contributed by atoms with Crippen molar-refractivity contribution in [3.05, 3.63) is 0 Å². The quantitative estimate of drug-likeness (QED) is 0.0270. The highest BCUT2D eigenvalue weighted by atomic mass is 16.4. The van der Waals surface area contributed by atoms with E-state index in [9.17, 15) is 108 Å². The molecule has 0 aromatic heterocycles. The Morgan fingerprint density at radius 2 is 0.659 bits per heavy atom. The van der Waals surface area contributed by atoms with Crippen molar-refractivity contribution in [2.75, 3.05) is 46.1 Å². The number of aliphatic carboxylic acids is 1. The molecule has 0 radical (unpaired) electrons. The van der Waals surface area contributed by atoms with Crippen LogP contribution in [0.1, 0.15) is 95.9 Å². The predicted molar refractivity (Wildman–Crippen MR) is 318 cm³/mol. The molecule has 91 heavy (non-hydrogen) atoms. The number of amides is 14.